The second kappa shape index (κ2) is 4.69. The summed E-state index contributed by atoms with van der Waals surface area (Å²) in [6.07, 6.45) is 4.75. The number of furan rings is 1. The van der Waals surface area contributed by atoms with Crippen LogP contribution in [0, 0.1) is 6.92 Å². The Kier molecular flexibility index (Phi) is 3.09. The molecule has 0 amide bonds. The topological polar surface area (TPSA) is 75.4 Å². The zero-order valence-electron chi connectivity index (χ0n) is 9.30. The van der Waals surface area contributed by atoms with Crippen LogP contribution in [-0.4, -0.2) is 16.1 Å². The second-order valence-corrected chi connectivity index (χ2v) is 3.64. The average Bonchev–Trinajstić information content (AvgIpc) is 2.78. The van der Waals surface area contributed by atoms with Crippen LogP contribution in [0.1, 0.15) is 21.5 Å². The van der Waals surface area contributed by atoms with Gasteiger partial charge in [-0.3, -0.25) is 0 Å². The molecule has 0 aromatic carbocycles. The zero-order valence-corrected chi connectivity index (χ0v) is 9.30. The largest absolute Gasteiger partial charge is 0.478 e. The van der Waals surface area contributed by atoms with E-state index >= 15 is 0 Å². The number of aromatic nitrogens is 1. The first kappa shape index (κ1) is 11.2. The van der Waals surface area contributed by atoms with E-state index in [4.69, 9.17) is 9.52 Å². The number of aryl methyl sites for hydroxylation is 1. The first-order valence-corrected chi connectivity index (χ1v) is 5.12. The van der Waals surface area contributed by atoms with Crippen molar-refractivity contribution in [1.29, 1.82) is 0 Å². The lowest BCUT2D eigenvalue weighted by Gasteiger charge is -2.09. The van der Waals surface area contributed by atoms with Crippen LogP contribution in [0.2, 0.25) is 0 Å². The van der Waals surface area contributed by atoms with E-state index in [9.17, 15) is 4.79 Å². The van der Waals surface area contributed by atoms with Gasteiger partial charge in [0.05, 0.1) is 12.5 Å². The van der Waals surface area contributed by atoms with E-state index in [-0.39, 0.29) is 5.56 Å². The van der Waals surface area contributed by atoms with Crippen molar-refractivity contribution in [2.45, 2.75) is 13.5 Å². The third-order valence-electron chi connectivity index (χ3n) is 2.41. The number of rotatable bonds is 4. The predicted molar refractivity (Wildman–Crippen MR) is 62.0 cm³/mol. The molecular formula is C12H12N2O3. The van der Waals surface area contributed by atoms with Crippen LogP contribution in [0.3, 0.4) is 0 Å². The Bertz CT molecular complexity index is 521. The van der Waals surface area contributed by atoms with Crippen LogP contribution in [-0.2, 0) is 6.54 Å². The minimum absolute atomic E-state index is 0.205. The monoisotopic (exact) mass is 232 g/mol. The zero-order chi connectivity index (χ0) is 12.3. The maximum atomic E-state index is 11.1. The predicted octanol–water partition coefficient (Wildman–Crippen LogP) is 2.29. The van der Waals surface area contributed by atoms with Gasteiger partial charge in [0.2, 0.25) is 0 Å². The van der Waals surface area contributed by atoms with E-state index < -0.39 is 5.97 Å². The standard InChI is InChI=1S/C12H12N2O3/c1-8-2-4-13-11(10(8)12(15)16)14-6-9-3-5-17-7-9/h2-5,7H,6H2,1H3,(H,13,14)(H,15,16). The van der Waals surface area contributed by atoms with Crippen molar-refractivity contribution < 1.29 is 14.3 Å². The van der Waals surface area contributed by atoms with Crippen molar-refractivity contribution in [1.82, 2.24) is 4.98 Å². The highest BCUT2D eigenvalue weighted by atomic mass is 16.4. The van der Waals surface area contributed by atoms with Crippen LogP contribution in [0.5, 0.6) is 0 Å². The number of carboxylic acid groups (broad SMARTS) is 1. The number of carboxylic acids is 1. The summed E-state index contributed by atoms with van der Waals surface area (Å²) in [5, 5.41) is 12.1. The second-order valence-electron chi connectivity index (χ2n) is 3.64. The highest BCUT2D eigenvalue weighted by Crippen LogP contribution is 2.17. The van der Waals surface area contributed by atoms with E-state index in [1.807, 2.05) is 6.07 Å². The number of nitrogens with one attached hydrogen (secondary N) is 1. The molecule has 0 saturated carbocycles. The van der Waals surface area contributed by atoms with Gasteiger partial charge in [0.15, 0.2) is 0 Å². The summed E-state index contributed by atoms with van der Waals surface area (Å²) in [4.78, 5) is 15.1. The molecule has 0 bridgehead atoms. The molecule has 5 heteroatoms. The minimum atomic E-state index is -0.981. The highest BCUT2D eigenvalue weighted by molar-refractivity contribution is 5.94. The van der Waals surface area contributed by atoms with Gasteiger partial charge in [-0.1, -0.05) is 0 Å². The van der Waals surface area contributed by atoms with E-state index in [1.165, 1.54) is 0 Å². The number of pyridine rings is 1. The number of aromatic carboxylic acids is 1. The highest BCUT2D eigenvalue weighted by Gasteiger charge is 2.13. The van der Waals surface area contributed by atoms with Crippen molar-refractivity contribution in [3.63, 3.8) is 0 Å². The van der Waals surface area contributed by atoms with Gasteiger partial charge in [0.25, 0.3) is 0 Å². The molecule has 0 radical (unpaired) electrons. The van der Waals surface area contributed by atoms with Gasteiger partial charge in [-0.05, 0) is 24.6 Å². The Morgan fingerprint density at radius 2 is 2.35 bits per heavy atom. The van der Waals surface area contributed by atoms with Crippen molar-refractivity contribution in [3.05, 3.63) is 47.5 Å². The van der Waals surface area contributed by atoms with Crippen LogP contribution in [0.25, 0.3) is 0 Å². The molecule has 0 aliphatic heterocycles. The molecular weight excluding hydrogens is 220 g/mol. The molecule has 88 valence electrons. The number of anilines is 1. The fraction of sp³-hybridized carbons (Fsp3) is 0.167. The maximum Gasteiger partial charge on any atom is 0.339 e. The molecule has 2 aromatic rings. The van der Waals surface area contributed by atoms with Gasteiger partial charge in [0, 0.05) is 18.3 Å². The number of hydrogen-bond acceptors (Lipinski definition) is 4. The van der Waals surface area contributed by atoms with Gasteiger partial charge < -0.3 is 14.8 Å². The summed E-state index contributed by atoms with van der Waals surface area (Å²) >= 11 is 0. The van der Waals surface area contributed by atoms with Crippen LogP contribution < -0.4 is 5.32 Å². The molecule has 0 aliphatic carbocycles. The lowest BCUT2D eigenvalue weighted by molar-refractivity contribution is 0.0697. The van der Waals surface area contributed by atoms with Gasteiger partial charge in [0.1, 0.15) is 11.4 Å². The lowest BCUT2D eigenvalue weighted by atomic mass is 10.1. The fourth-order valence-electron chi connectivity index (χ4n) is 1.54. The van der Waals surface area contributed by atoms with Crippen LogP contribution >= 0.6 is 0 Å². The van der Waals surface area contributed by atoms with Gasteiger partial charge in [-0.2, -0.15) is 0 Å². The molecule has 2 N–H and O–H groups in total. The van der Waals surface area contributed by atoms with Gasteiger partial charge >= 0.3 is 5.97 Å². The SMILES string of the molecule is Cc1ccnc(NCc2ccoc2)c1C(=O)O. The van der Waals surface area contributed by atoms with Crippen molar-refractivity contribution in [2.75, 3.05) is 5.32 Å². The van der Waals surface area contributed by atoms with E-state index in [0.29, 0.717) is 17.9 Å². The van der Waals surface area contributed by atoms with Crippen molar-refractivity contribution in [3.8, 4) is 0 Å². The maximum absolute atomic E-state index is 11.1. The molecule has 0 saturated heterocycles. The van der Waals surface area contributed by atoms with Gasteiger partial charge in [-0.15, -0.1) is 0 Å². The Hall–Kier alpha value is -2.30. The number of hydrogen-bond donors (Lipinski definition) is 2. The Morgan fingerprint density at radius 1 is 1.53 bits per heavy atom. The molecule has 0 spiro atoms. The summed E-state index contributed by atoms with van der Waals surface area (Å²) in [6.45, 7) is 2.22. The molecule has 0 fully saturated rings. The average molecular weight is 232 g/mol. The van der Waals surface area contributed by atoms with Gasteiger partial charge in [-0.25, -0.2) is 9.78 Å². The van der Waals surface area contributed by atoms with Crippen LogP contribution in [0.15, 0.2) is 35.3 Å². The lowest BCUT2D eigenvalue weighted by Crippen LogP contribution is -2.09. The Balaban J connectivity index is 2.21. The summed E-state index contributed by atoms with van der Waals surface area (Å²) in [5.41, 5.74) is 1.82. The number of carbonyl (C=O) groups is 1. The van der Waals surface area contributed by atoms with E-state index in [2.05, 4.69) is 10.3 Å². The molecule has 2 aromatic heterocycles. The molecule has 17 heavy (non-hydrogen) atoms. The quantitative estimate of drug-likeness (QED) is 0.845. The molecule has 0 unspecified atom stereocenters. The molecule has 0 aliphatic rings. The Morgan fingerprint density at radius 3 is 3.00 bits per heavy atom. The smallest absolute Gasteiger partial charge is 0.339 e. The minimum Gasteiger partial charge on any atom is -0.478 e. The summed E-state index contributed by atoms with van der Waals surface area (Å²) in [7, 11) is 0. The first-order chi connectivity index (χ1) is 8.18. The van der Waals surface area contributed by atoms with Crippen molar-refractivity contribution >= 4 is 11.8 Å². The molecule has 5 nitrogen and oxygen atoms in total. The summed E-state index contributed by atoms with van der Waals surface area (Å²) in [5.74, 6) is -0.607. The summed E-state index contributed by atoms with van der Waals surface area (Å²) in [6, 6.07) is 3.48. The fourth-order valence-corrected chi connectivity index (χ4v) is 1.54. The molecule has 2 rings (SSSR count). The number of nitrogens with zero attached hydrogens (tertiary/aromatic N) is 1. The first-order valence-electron chi connectivity index (χ1n) is 5.12. The van der Waals surface area contributed by atoms with Crippen molar-refractivity contribution in [2.24, 2.45) is 0 Å². The molecule has 2 heterocycles. The Labute approximate surface area is 98.1 Å². The molecule has 0 atom stereocenters. The third-order valence-corrected chi connectivity index (χ3v) is 2.41. The normalized spacial score (nSPS) is 10.2. The summed E-state index contributed by atoms with van der Waals surface area (Å²) < 4.78 is 4.93. The van der Waals surface area contributed by atoms with E-state index in [1.54, 1.807) is 31.7 Å². The van der Waals surface area contributed by atoms with Crippen LogP contribution in [0.4, 0.5) is 5.82 Å². The third kappa shape index (κ3) is 2.44. The van der Waals surface area contributed by atoms with E-state index in [0.717, 1.165) is 5.56 Å².